The zero-order valence-electron chi connectivity index (χ0n) is 14.4. The quantitative estimate of drug-likeness (QED) is 0.698. The van der Waals surface area contributed by atoms with Gasteiger partial charge < -0.3 is 20.1 Å². The number of β-amino-alcohol motifs (C(OH)–C–C–N with tert-alkyl or cyclic N) is 1. The molecule has 1 aliphatic heterocycles. The van der Waals surface area contributed by atoms with E-state index in [9.17, 15) is 5.11 Å². The van der Waals surface area contributed by atoms with E-state index in [2.05, 4.69) is 45.5 Å². The molecule has 1 atom stereocenters. The van der Waals surface area contributed by atoms with Gasteiger partial charge in [-0.15, -0.1) is 0 Å². The van der Waals surface area contributed by atoms with Crippen molar-refractivity contribution in [3.05, 3.63) is 29.8 Å². The number of morpholine rings is 1. The molecule has 2 rings (SSSR count). The third kappa shape index (κ3) is 6.46. The maximum Gasteiger partial charge on any atom is 0.0791 e. The Kier molecular flexibility index (Phi) is 7.99. The van der Waals surface area contributed by atoms with Gasteiger partial charge in [0.2, 0.25) is 0 Å². The third-order valence-corrected chi connectivity index (χ3v) is 4.22. The fourth-order valence-corrected chi connectivity index (χ4v) is 2.74. The molecule has 0 aliphatic carbocycles. The molecule has 0 bridgehead atoms. The second kappa shape index (κ2) is 10.3. The van der Waals surface area contributed by atoms with Crippen LogP contribution in [-0.2, 0) is 11.3 Å². The van der Waals surface area contributed by atoms with Crippen molar-refractivity contribution in [2.45, 2.75) is 19.1 Å². The van der Waals surface area contributed by atoms with Crippen LogP contribution in [-0.4, -0.2) is 69.1 Å². The van der Waals surface area contributed by atoms with Gasteiger partial charge in [-0.3, -0.25) is 4.90 Å². The van der Waals surface area contributed by atoms with E-state index in [-0.39, 0.29) is 6.10 Å². The van der Waals surface area contributed by atoms with Crippen LogP contribution in [0.2, 0.25) is 0 Å². The summed E-state index contributed by atoms with van der Waals surface area (Å²) in [6.45, 7) is 6.07. The highest BCUT2D eigenvalue weighted by atomic mass is 16.5. The van der Waals surface area contributed by atoms with Crippen LogP contribution in [0.15, 0.2) is 24.3 Å². The minimum absolute atomic E-state index is 0.362. The fraction of sp³-hybridized carbons (Fsp3) is 0.611. The molecule has 24 heavy (non-hydrogen) atoms. The van der Waals surface area contributed by atoms with Gasteiger partial charge in [0.15, 0.2) is 0 Å². The molecule has 0 radical (unpaired) electrons. The fourth-order valence-electron chi connectivity index (χ4n) is 2.74. The third-order valence-electron chi connectivity index (χ3n) is 4.22. The van der Waals surface area contributed by atoms with Crippen LogP contribution in [0.1, 0.15) is 12.0 Å². The van der Waals surface area contributed by atoms with Crippen molar-refractivity contribution in [3.63, 3.8) is 0 Å². The molecule has 6 heteroatoms. The van der Waals surface area contributed by atoms with Gasteiger partial charge in [0.1, 0.15) is 0 Å². The minimum atomic E-state index is -0.362. The number of aliphatic hydroxyl groups excluding tert-OH is 1. The van der Waals surface area contributed by atoms with Gasteiger partial charge in [0, 0.05) is 52.0 Å². The van der Waals surface area contributed by atoms with Crippen molar-refractivity contribution in [2.24, 2.45) is 0 Å². The highest BCUT2D eigenvalue weighted by molar-refractivity contribution is 5.46. The van der Waals surface area contributed by atoms with E-state index < -0.39 is 0 Å². The van der Waals surface area contributed by atoms with Crippen LogP contribution in [0.5, 0.6) is 0 Å². The molecule has 0 saturated carbocycles. The van der Waals surface area contributed by atoms with E-state index in [1.54, 1.807) is 0 Å². The number of rotatable bonds is 9. The van der Waals surface area contributed by atoms with Crippen molar-refractivity contribution < 1.29 is 9.84 Å². The predicted molar refractivity (Wildman–Crippen MR) is 94.9 cm³/mol. The minimum Gasteiger partial charge on any atom is -0.390 e. The number of hydrogen-bond acceptors (Lipinski definition) is 6. The summed E-state index contributed by atoms with van der Waals surface area (Å²) in [5.41, 5.74) is 2.30. The Bertz CT molecular complexity index is 509. The first-order chi connectivity index (χ1) is 11.7. The summed E-state index contributed by atoms with van der Waals surface area (Å²) in [5, 5.41) is 22.0. The molecule has 132 valence electrons. The molecular formula is C18H28N4O2. The molecule has 0 spiro atoms. The Hall–Kier alpha value is -1.65. The highest BCUT2D eigenvalue weighted by Gasteiger charge is 2.14. The van der Waals surface area contributed by atoms with E-state index in [0.29, 0.717) is 19.5 Å². The smallest absolute Gasteiger partial charge is 0.0791 e. The van der Waals surface area contributed by atoms with Gasteiger partial charge in [0.25, 0.3) is 0 Å². The zero-order valence-corrected chi connectivity index (χ0v) is 14.4. The van der Waals surface area contributed by atoms with Gasteiger partial charge in [-0.05, 0) is 17.7 Å². The molecule has 0 unspecified atom stereocenters. The largest absolute Gasteiger partial charge is 0.390 e. The van der Waals surface area contributed by atoms with Crippen LogP contribution in [0, 0.1) is 11.3 Å². The van der Waals surface area contributed by atoms with Crippen molar-refractivity contribution in [2.75, 3.05) is 57.9 Å². The number of benzene rings is 1. The average molecular weight is 332 g/mol. The maximum absolute atomic E-state index is 10.1. The lowest BCUT2D eigenvalue weighted by molar-refractivity contribution is 0.0149. The summed E-state index contributed by atoms with van der Waals surface area (Å²) in [5.74, 6) is 0. The zero-order chi connectivity index (χ0) is 17.2. The lowest BCUT2D eigenvalue weighted by Crippen LogP contribution is -2.43. The number of ether oxygens (including phenoxy) is 1. The van der Waals surface area contributed by atoms with E-state index in [4.69, 9.17) is 10.00 Å². The second-order valence-corrected chi connectivity index (χ2v) is 6.19. The summed E-state index contributed by atoms with van der Waals surface area (Å²) in [4.78, 5) is 4.31. The second-order valence-electron chi connectivity index (χ2n) is 6.19. The van der Waals surface area contributed by atoms with Crippen LogP contribution in [0.25, 0.3) is 0 Å². The van der Waals surface area contributed by atoms with Crippen LogP contribution < -0.4 is 10.2 Å². The molecule has 2 N–H and O–H groups in total. The first kappa shape index (κ1) is 18.7. The lowest BCUT2D eigenvalue weighted by atomic mass is 10.2. The van der Waals surface area contributed by atoms with Gasteiger partial charge in [-0.25, -0.2) is 0 Å². The molecule has 0 amide bonds. The maximum atomic E-state index is 10.1. The van der Waals surface area contributed by atoms with Crippen molar-refractivity contribution in [1.29, 1.82) is 5.26 Å². The first-order valence-electron chi connectivity index (χ1n) is 8.55. The number of nitrogens with one attached hydrogen (secondary N) is 1. The Morgan fingerprint density at radius 3 is 2.71 bits per heavy atom. The summed E-state index contributed by atoms with van der Waals surface area (Å²) in [6.07, 6.45) is 0.167. The standard InChI is InChI=1S/C18H28N4O2/c1-21(8-2-7-19)17-5-3-16(4-6-17)13-20-14-18(23)15-22-9-11-24-12-10-22/h3-6,18,20,23H,2,8-15H2,1H3/t18-/m1/s1. The monoisotopic (exact) mass is 332 g/mol. The molecular weight excluding hydrogens is 304 g/mol. The Morgan fingerprint density at radius 1 is 1.33 bits per heavy atom. The summed E-state index contributed by atoms with van der Waals surface area (Å²) in [6, 6.07) is 10.5. The van der Waals surface area contributed by atoms with E-state index >= 15 is 0 Å². The van der Waals surface area contributed by atoms with Gasteiger partial charge in [-0.2, -0.15) is 5.26 Å². The van der Waals surface area contributed by atoms with E-state index in [1.807, 2.05) is 7.05 Å². The molecule has 1 aliphatic rings. The molecule has 1 heterocycles. The molecule has 1 aromatic rings. The van der Waals surface area contributed by atoms with Crippen LogP contribution >= 0.6 is 0 Å². The van der Waals surface area contributed by atoms with Crippen molar-refractivity contribution in [3.8, 4) is 6.07 Å². The summed E-state index contributed by atoms with van der Waals surface area (Å²) < 4.78 is 5.31. The molecule has 1 fully saturated rings. The molecule has 0 aromatic heterocycles. The van der Waals surface area contributed by atoms with Gasteiger partial charge in [0.05, 0.1) is 31.8 Å². The predicted octanol–water partition coefficient (Wildman–Crippen LogP) is 0.819. The number of anilines is 1. The highest BCUT2D eigenvalue weighted by Crippen LogP contribution is 2.14. The SMILES string of the molecule is CN(CCC#N)c1ccc(CNC[C@@H](O)CN2CCOCC2)cc1. The Morgan fingerprint density at radius 2 is 2.04 bits per heavy atom. The van der Waals surface area contributed by atoms with E-state index in [1.165, 1.54) is 5.56 Å². The molecule has 1 saturated heterocycles. The van der Waals surface area contributed by atoms with E-state index in [0.717, 1.165) is 45.1 Å². The van der Waals surface area contributed by atoms with Crippen molar-refractivity contribution in [1.82, 2.24) is 10.2 Å². The van der Waals surface area contributed by atoms with Crippen LogP contribution in [0.4, 0.5) is 5.69 Å². The first-order valence-corrected chi connectivity index (χ1v) is 8.55. The van der Waals surface area contributed by atoms with Crippen molar-refractivity contribution >= 4 is 5.69 Å². The molecule has 1 aromatic carbocycles. The summed E-state index contributed by atoms with van der Waals surface area (Å²) in [7, 11) is 1.99. The molecule has 6 nitrogen and oxygen atoms in total. The van der Waals surface area contributed by atoms with Gasteiger partial charge in [-0.1, -0.05) is 12.1 Å². The van der Waals surface area contributed by atoms with Crippen LogP contribution in [0.3, 0.4) is 0 Å². The number of aliphatic hydroxyl groups is 1. The van der Waals surface area contributed by atoms with Gasteiger partial charge >= 0.3 is 0 Å². The number of nitriles is 1. The normalized spacial score (nSPS) is 16.5. The Labute approximate surface area is 144 Å². The number of hydrogen-bond donors (Lipinski definition) is 2. The topological polar surface area (TPSA) is 71.8 Å². The average Bonchev–Trinajstić information content (AvgIpc) is 2.61. The Balaban J connectivity index is 1.67. The summed E-state index contributed by atoms with van der Waals surface area (Å²) >= 11 is 0. The lowest BCUT2D eigenvalue weighted by Gasteiger charge is -2.28. The number of nitrogens with zero attached hydrogens (tertiary/aromatic N) is 3.